The summed E-state index contributed by atoms with van der Waals surface area (Å²) in [7, 11) is -1.42. The summed E-state index contributed by atoms with van der Waals surface area (Å²) < 4.78 is 6.41. The lowest BCUT2D eigenvalue weighted by atomic mass is 10.1. The van der Waals surface area contributed by atoms with Crippen molar-refractivity contribution in [3.8, 4) is 0 Å². The Hall–Kier alpha value is 0.177. The molecule has 0 aliphatic carbocycles. The maximum absolute atomic E-state index is 6.41. The summed E-state index contributed by atoms with van der Waals surface area (Å²) in [6.07, 6.45) is 19.9. The lowest BCUT2D eigenvalue weighted by molar-refractivity contribution is 0.315. The molecule has 0 N–H and O–H groups in total. The maximum Gasteiger partial charge on any atom is 0.192 e. The van der Waals surface area contributed by atoms with Crippen LogP contribution in [0.15, 0.2) is 0 Å². The van der Waals surface area contributed by atoms with Gasteiger partial charge in [0.2, 0.25) is 0 Å². The van der Waals surface area contributed by atoms with Crippen molar-refractivity contribution >= 4 is 8.32 Å². The van der Waals surface area contributed by atoms with E-state index in [1.165, 1.54) is 108 Å². The molecule has 0 aromatic carbocycles. The van der Waals surface area contributed by atoms with Gasteiger partial charge in [0.15, 0.2) is 8.32 Å². The van der Waals surface area contributed by atoms with Crippen LogP contribution in [0.4, 0.5) is 0 Å². The van der Waals surface area contributed by atoms with Crippen molar-refractivity contribution in [2.24, 2.45) is 0 Å². The highest BCUT2D eigenvalue weighted by molar-refractivity contribution is 6.73. The molecule has 1 unspecified atom stereocenters. The Balaban J connectivity index is 3.88. The van der Waals surface area contributed by atoms with Gasteiger partial charge in [-0.05, 0) is 25.1 Å². The van der Waals surface area contributed by atoms with Crippen LogP contribution in [0.1, 0.15) is 118 Å². The Kier molecular flexibility index (Phi) is 18.1. The second-order valence-corrected chi connectivity index (χ2v) is 12.1. The average molecular weight is 357 g/mol. The van der Waals surface area contributed by atoms with Crippen LogP contribution in [0.2, 0.25) is 18.1 Å². The zero-order valence-corrected chi connectivity index (χ0v) is 18.6. The van der Waals surface area contributed by atoms with Crippen molar-refractivity contribution in [2.45, 2.75) is 136 Å². The number of hydrogen-bond acceptors (Lipinski definition) is 1. The summed E-state index contributed by atoms with van der Waals surface area (Å²) in [4.78, 5) is 0. The molecule has 0 radical (unpaired) electrons. The van der Waals surface area contributed by atoms with Gasteiger partial charge in [0.1, 0.15) is 0 Å². The van der Waals surface area contributed by atoms with E-state index in [1.807, 2.05) is 0 Å². The first kappa shape index (κ1) is 24.2. The van der Waals surface area contributed by atoms with E-state index in [1.54, 1.807) is 0 Å². The van der Waals surface area contributed by atoms with Gasteiger partial charge in [0, 0.05) is 6.61 Å². The van der Waals surface area contributed by atoms with E-state index < -0.39 is 8.32 Å². The van der Waals surface area contributed by atoms with Crippen molar-refractivity contribution in [1.82, 2.24) is 0 Å². The summed E-state index contributed by atoms with van der Waals surface area (Å²) in [5.74, 6) is 0. The van der Waals surface area contributed by atoms with Crippen LogP contribution in [-0.4, -0.2) is 14.9 Å². The first-order valence-electron chi connectivity index (χ1n) is 11.4. The van der Waals surface area contributed by atoms with E-state index in [-0.39, 0.29) is 0 Å². The van der Waals surface area contributed by atoms with Crippen LogP contribution in [0.25, 0.3) is 0 Å². The molecule has 0 fully saturated rings. The molecular weight excluding hydrogens is 308 g/mol. The van der Waals surface area contributed by atoms with E-state index in [0.29, 0.717) is 0 Å². The van der Waals surface area contributed by atoms with Gasteiger partial charge in [-0.2, -0.15) is 0 Å². The van der Waals surface area contributed by atoms with Gasteiger partial charge in [0.25, 0.3) is 0 Å². The zero-order valence-electron chi connectivity index (χ0n) is 17.6. The Morgan fingerprint density at radius 1 is 0.500 bits per heavy atom. The Morgan fingerprint density at radius 2 is 0.875 bits per heavy atom. The second-order valence-electron chi connectivity index (χ2n) is 7.71. The third-order valence-electron chi connectivity index (χ3n) is 5.57. The molecule has 0 aromatic heterocycles. The quantitative estimate of drug-likeness (QED) is 0.166. The minimum absolute atomic E-state index is 0.937. The van der Waals surface area contributed by atoms with Crippen LogP contribution < -0.4 is 0 Å². The molecule has 0 spiro atoms. The molecule has 0 aliphatic heterocycles. The zero-order chi connectivity index (χ0) is 17.9. The largest absolute Gasteiger partial charge is 0.417 e. The fourth-order valence-corrected chi connectivity index (χ4v) is 7.69. The Morgan fingerprint density at radius 3 is 1.21 bits per heavy atom. The smallest absolute Gasteiger partial charge is 0.192 e. The van der Waals surface area contributed by atoms with Gasteiger partial charge in [-0.1, -0.05) is 111 Å². The highest BCUT2D eigenvalue weighted by Crippen LogP contribution is 2.28. The van der Waals surface area contributed by atoms with Crippen molar-refractivity contribution in [1.29, 1.82) is 0 Å². The Bertz CT molecular complexity index is 244. The van der Waals surface area contributed by atoms with Crippen LogP contribution in [-0.2, 0) is 4.43 Å². The molecule has 146 valence electrons. The van der Waals surface area contributed by atoms with Crippen LogP contribution >= 0.6 is 0 Å². The molecule has 0 amide bonds. The van der Waals surface area contributed by atoms with Gasteiger partial charge in [-0.15, -0.1) is 0 Å². The van der Waals surface area contributed by atoms with Crippen LogP contribution in [0.5, 0.6) is 0 Å². The van der Waals surface area contributed by atoms with E-state index in [9.17, 15) is 0 Å². The van der Waals surface area contributed by atoms with E-state index >= 15 is 0 Å². The molecule has 0 heterocycles. The summed E-state index contributed by atoms with van der Waals surface area (Å²) in [5.41, 5.74) is 0. The second kappa shape index (κ2) is 18.0. The molecule has 0 aromatic rings. The number of rotatable bonds is 19. The van der Waals surface area contributed by atoms with Crippen molar-refractivity contribution in [3.63, 3.8) is 0 Å². The topological polar surface area (TPSA) is 9.23 Å². The molecule has 1 nitrogen and oxygen atoms in total. The molecule has 0 bridgehead atoms. The molecule has 0 rings (SSSR count). The first-order chi connectivity index (χ1) is 11.7. The predicted molar refractivity (Wildman–Crippen MR) is 113 cm³/mol. The van der Waals surface area contributed by atoms with E-state index in [0.717, 1.165) is 6.61 Å². The fraction of sp³-hybridized carbons (Fsp3) is 1.00. The molecule has 2 heteroatoms. The highest BCUT2D eigenvalue weighted by atomic mass is 28.4. The van der Waals surface area contributed by atoms with Crippen molar-refractivity contribution in [3.05, 3.63) is 0 Å². The SMILES string of the molecule is CCCCCCCCCC[Si](CC)(CCCCCCCC)OCC. The van der Waals surface area contributed by atoms with Gasteiger partial charge in [-0.3, -0.25) is 0 Å². The summed E-state index contributed by atoms with van der Waals surface area (Å²) in [6.45, 7) is 10.1. The highest BCUT2D eigenvalue weighted by Gasteiger charge is 2.31. The summed E-state index contributed by atoms with van der Waals surface area (Å²) in [6, 6.07) is 4.16. The minimum atomic E-state index is -1.42. The predicted octanol–water partition coefficient (Wildman–Crippen LogP) is 8.49. The Labute approximate surface area is 155 Å². The van der Waals surface area contributed by atoms with E-state index in [4.69, 9.17) is 4.43 Å². The maximum atomic E-state index is 6.41. The van der Waals surface area contributed by atoms with Gasteiger partial charge in [-0.25, -0.2) is 0 Å². The average Bonchev–Trinajstić information content (AvgIpc) is 2.60. The third-order valence-corrected chi connectivity index (χ3v) is 10.3. The first-order valence-corrected chi connectivity index (χ1v) is 13.9. The monoisotopic (exact) mass is 356 g/mol. The van der Waals surface area contributed by atoms with Gasteiger partial charge in [0.05, 0.1) is 0 Å². The third kappa shape index (κ3) is 13.5. The van der Waals surface area contributed by atoms with Gasteiger partial charge >= 0.3 is 0 Å². The van der Waals surface area contributed by atoms with Crippen molar-refractivity contribution in [2.75, 3.05) is 6.61 Å². The van der Waals surface area contributed by atoms with Crippen LogP contribution in [0.3, 0.4) is 0 Å². The molecular formula is C22H48OSi. The van der Waals surface area contributed by atoms with Gasteiger partial charge < -0.3 is 4.43 Å². The van der Waals surface area contributed by atoms with Crippen molar-refractivity contribution < 1.29 is 4.43 Å². The summed E-state index contributed by atoms with van der Waals surface area (Å²) in [5, 5.41) is 0. The number of unbranched alkanes of at least 4 members (excludes halogenated alkanes) is 12. The molecule has 1 atom stereocenters. The molecule has 0 saturated carbocycles. The minimum Gasteiger partial charge on any atom is -0.417 e. The summed E-state index contributed by atoms with van der Waals surface area (Å²) >= 11 is 0. The van der Waals surface area contributed by atoms with E-state index in [2.05, 4.69) is 27.7 Å². The lowest BCUT2D eigenvalue weighted by Crippen LogP contribution is -2.37. The van der Waals surface area contributed by atoms with Crippen LogP contribution in [0, 0.1) is 0 Å². The lowest BCUT2D eigenvalue weighted by Gasteiger charge is -2.30. The molecule has 24 heavy (non-hydrogen) atoms. The normalized spacial score (nSPS) is 14.0. The molecule has 0 aliphatic rings. The number of hydrogen-bond donors (Lipinski definition) is 0. The standard InChI is InChI=1S/C22H48OSi/c1-5-9-11-13-15-16-18-20-22-24(8-4,23-7-3)21-19-17-14-12-10-6-2/h5-22H2,1-4H3. The fourth-order valence-electron chi connectivity index (χ4n) is 3.84. The molecule has 0 saturated heterocycles.